The molecule has 0 fully saturated rings. The molecule has 0 aliphatic carbocycles. The molecule has 0 bridgehead atoms. The predicted molar refractivity (Wildman–Crippen MR) is 74.7 cm³/mol. The first-order valence-electron chi connectivity index (χ1n) is 6.27. The van der Waals surface area contributed by atoms with Crippen molar-refractivity contribution < 1.29 is 9.18 Å². The van der Waals surface area contributed by atoms with Crippen LogP contribution in [0.4, 0.5) is 4.39 Å². The van der Waals surface area contributed by atoms with Crippen molar-refractivity contribution in [1.29, 1.82) is 0 Å². The first-order valence-corrected chi connectivity index (χ1v) is 6.27. The van der Waals surface area contributed by atoms with Crippen molar-refractivity contribution in [2.24, 2.45) is 0 Å². The van der Waals surface area contributed by atoms with E-state index in [0.29, 0.717) is 29.1 Å². The molecule has 5 nitrogen and oxygen atoms in total. The van der Waals surface area contributed by atoms with Crippen molar-refractivity contribution in [3.63, 3.8) is 0 Å². The number of carbonyl (C=O) groups excluding carboxylic acids is 1. The summed E-state index contributed by atoms with van der Waals surface area (Å²) in [6.07, 6.45) is 5.03. The zero-order valence-corrected chi connectivity index (χ0v) is 11.2. The van der Waals surface area contributed by atoms with Crippen LogP contribution < -0.4 is 0 Å². The van der Waals surface area contributed by atoms with Crippen molar-refractivity contribution in [3.8, 4) is 17.2 Å². The van der Waals surface area contributed by atoms with Gasteiger partial charge in [-0.3, -0.25) is 9.78 Å². The van der Waals surface area contributed by atoms with E-state index in [1.165, 1.54) is 16.8 Å². The third-order valence-electron chi connectivity index (χ3n) is 2.98. The monoisotopic (exact) mass is 282 g/mol. The lowest BCUT2D eigenvalue weighted by atomic mass is 10.2. The highest BCUT2D eigenvalue weighted by Gasteiger charge is 2.13. The Labute approximate surface area is 120 Å². The Morgan fingerprint density at radius 1 is 1.24 bits per heavy atom. The van der Waals surface area contributed by atoms with Gasteiger partial charge in [-0.1, -0.05) is 0 Å². The molecule has 0 aliphatic rings. The molecule has 3 heterocycles. The summed E-state index contributed by atoms with van der Waals surface area (Å²) in [5, 5.41) is 4.33. The first kappa shape index (κ1) is 13.1. The number of aldehydes is 1. The van der Waals surface area contributed by atoms with Crippen molar-refractivity contribution in [2.75, 3.05) is 0 Å². The Kier molecular flexibility index (Phi) is 3.27. The Balaban J connectivity index is 2.10. The maximum absolute atomic E-state index is 12.9. The third kappa shape index (κ3) is 2.55. The lowest BCUT2D eigenvalue weighted by Gasteiger charge is -2.00. The number of hydrogen-bond acceptors (Lipinski definition) is 4. The predicted octanol–water partition coefficient (Wildman–Crippen LogP) is 2.59. The molecule has 0 amide bonds. The van der Waals surface area contributed by atoms with Crippen molar-refractivity contribution >= 4 is 6.29 Å². The Morgan fingerprint density at radius 2 is 2.10 bits per heavy atom. The quantitative estimate of drug-likeness (QED) is 0.693. The molecule has 0 radical (unpaired) electrons. The van der Waals surface area contributed by atoms with Gasteiger partial charge in [-0.2, -0.15) is 5.10 Å². The van der Waals surface area contributed by atoms with Gasteiger partial charge in [0.25, 0.3) is 0 Å². The molecule has 0 saturated carbocycles. The fourth-order valence-corrected chi connectivity index (χ4v) is 1.95. The van der Waals surface area contributed by atoms with Crippen molar-refractivity contribution in [1.82, 2.24) is 19.7 Å². The van der Waals surface area contributed by atoms with Crippen LogP contribution in [0.5, 0.6) is 0 Å². The summed E-state index contributed by atoms with van der Waals surface area (Å²) < 4.78 is 14.4. The van der Waals surface area contributed by atoms with Crippen LogP contribution in [0.2, 0.25) is 0 Å². The zero-order chi connectivity index (χ0) is 14.8. The molecule has 3 rings (SSSR count). The minimum atomic E-state index is -0.439. The van der Waals surface area contributed by atoms with Gasteiger partial charge in [-0.05, 0) is 36.8 Å². The molecule has 0 unspecified atom stereocenters. The lowest BCUT2D eigenvalue weighted by Crippen LogP contribution is -1.98. The van der Waals surface area contributed by atoms with Crippen LogP contribution in [0, 0.1) is 12.7 Å². The second-order valence-corrected chi connectivity index (χ2v) is 4.55. The average molecular weight is 282 g/mol. The summed E-state index contributed by atoms with van der Waals surface area (Å²) in [5.41, 5.74) is 2.24. The number of hydrogen-bond donors (Lipinski definition) is 0. The van der Waals surface area contributed by atoms with E-state index in [0.717, 1.165) is 11.8 Å². The fraction of sp³-hybridized carbons (Fsp3) is 0.0667. The Hall–Kier alpha value is -2.89. The molecule has 0 atom stereocenters. The molecule has 21 heavy (non-hydrogen) atoms. The smallest absolute Gasteiger partial charge is 0.153 e. The summed E-state index contributed by atoms with van der Waals surface area (Å²) in [4.78, 5) is 19.4. The fourth-order valence-electron chi connectivity index (χ4n) is 1.95. The van der Waals surface area contributed by atoms with Gasteiger partial charge in [0, 0.05) is 12.4 Å². The van der Waals surface area contributed by atoms with Gasteiger partial charge in [0.2, 0.25) is 0 Å². The highest BCUT2D eigenvalue weighted by Crippen LogP contribution is 2.20. The van der Waals surface area contributed by atoms with Gasteiger partial charge in [-0.25, -0.2) is 14.1 Å². The molecule has 6 heteroatoms. The molecular formula is C15H11FN4O. The van der Waals surface area contributed by atoms with Crippen LogP contribution in [0.15, 0.2) is 42.9 Å². The maximum atomic E-state index is 12.9. The molecule has 0 N–H and O–H groups in total. The zero-order valence-electron chi connectivity index (χ0n) is 11.2. The minimum absolute atomic E-state index is 0.373. The van der Waals surface area contributed by atoms with Gasteiger partial charge in [-0.15, -0.1) is 0 Å². The van der Waals surface area contributed by atoms with Crippen molar-refractivity contribution in [2.45, 2.75) is 6.92 Å². The second kappa shape index (κ2) is 5.24. The third-order valence-corrected chi connectivity index (χ3v) is 2.98. The van der Waals surface area contributed by atoms with Crippen molar-refractivity contribution in [3.05, 3.63) is 59.8 Å². The molecule has 0 saturated heterocycles. The number of rotatable bonds is 3. The topological polar surface area (TPSA) is 60.7 Å². The average Bonchev–Trinajstić information content (AvgIpc) is 2.92. The first-order chi connectivity index (χ1) is 10.2. The summed E-state index contributed by atoms with van der Waals surface area (Å²) in [7, 11) is 0. The number of aromatic nitrogens is 4. The Morgan fingerprint density at radius 3 is 2.76 bits per heavy atom. The van der Waals surface area contributed by atoms with Gasteiger partial charge in [0.15, 0.2) is 12.1 Å². The SMILES string of the molecule is Cc1ccnc(-n2cc(C=O)c(-c3ccc(F)cn3)n2)c1. The highest BCUT2D eigenvalue weighted by molar-refractivity contribution is 5.84. The Bertz CT molecular complexity index is 796. The molecule has 104 valence electrons. The van der Waals surface area contributed by atoms with Crippen LogP contribution in [0.25, 0.3) is 17.2 Å². The molecule has 0 aromatic carbocycles. The molecule has 0 aliphatic heterocycles. The van der Waals surface area contributed by atoms with E-state index < -0.39 is 5.82 Å². The number of halogens is 1. The van der Waals surface area contributed by atoms with Crippen LogP contribution in [-0.2, 0) is 0 Å². The largest absolute Gasteiger partial charge is 0.298 e. The standard InChI is InChI=1S/C15H11FN4O/c1-10-4-5-17-14(6-10)20-8-11(9-21)15(19-20)13-3-2-12(16)7-18-13/h2-9H,1H3. The highest BCUT2D eigenvalue weighted by atomic mass is 19.1. The van der Waals surface area contributed by atoms with Crippen LogP contribution in [0.3, 0.4) is 0 Å². The maximum Gasteiger partial charge on any atom is 0.153 e. The molecule has 3 aromatic rings. The molecule has 3 aromatic heterocycles. The summed E-state index contributed by atoms with van der Waals surface area (Å²) in [6.45, 7) is 1.94. The summed E-state index contributed by atoms with van der Waals surface area (Å²) in [6, 6.07) is 6.49. The van der Waals surface area contributed by atoms with E-state index in [4.69, 9.17) is 0 Å². The normalized spacial score (nSPS) is 10.6. The van der Waals surface area contributed by atoms with Crippen LogP contribution in [0.1, 0.15) is 15.9 Å². The lowest BCUT2D eigenvalue weighted by molar-refractivity contribution is 0.112. The van der Waals surface area contributed by atoms with Crippen LogP contribution in [-0.4, -0.2) is 26.0 Å². The van der Waals surface area contributed by atoms with E-state index in [1.54, 1.807) is 12.4 Å². The molecular weight excluding hydrogens is 271 g/mol. The van der Waals surface area contributed by atoms with E-state index in [2.05, 4.69) is 15.1 Å². The number of pyridine rings is 2. The number of nitrogens with zero attached hydrogens (tertiary/aromatic N) is 4. The van der Waals surface area contributed by atoms with Gasteiger partial charge in [0.1, 0.15) is 11.5 Å². The van der Waals surface area contributed by atoms with Crippen LogP contribution >= 0.6 is 0 Å². The second-order valence-electron chi connectivity index (χ2n) is 4.55. The summed E-state index contributed by atoms with van der Waals surface area (Å²) in [5.74, 6) is 0.164. The van der Waals surface area contributed by atoms with E-state index >= 15 is 0 Å². The molecule has 0 spiro atoms. The van der Waals surface area contributed by atoms with E-state index in [-0.39, 0.29) is 0 Å². The van der Waals surface area contributed by atoms with Gasteiger partial charge >= 0.3 is 0 Å². The summed E-state index contributed by atoms with van der Waals surface area (Å²) >= 11 is 0. The van der Waals surface area contributed by atoms with E-state index in [9.17, 15) is 9.18 Å². The van der Waals surface area contributed by atoms with E-state index in [1.807, 2.05) is 19.1 Å². The minimum Gasteiger partial charge on any atom is -0.298 e. The van der Waals surface area contributed by atoms with Gasteiger partial charge in [0.05, 0.1) is 17.5 Å². The number of carbonyl (C=O) groups is 1. The van der Waals surface area contributed by atoms with Gasteiger partial charge < -0.3 is 0 Å². The number of aryl methyl sites for hydroxylation is 1.